The fourth-order valence-corrected chi connectivity index (χ4v) is 2.31. The highest BCUT2D eigenvalue weighted by molar-refractivity contribution is 5.69. The normalized spacial score (nSPS) is 22.2. The highest BCUT2D eigenvalue weighted by Gasteiger charge is 2.21. The van der Waals surface area contributed by atoms with Crippen LogP contribution in [0.5, 0.6) is 0 Å². The first kappa shape index (κ1) is 11.1. The fraction of sp³-hybridized carbons (Fsp3) is 0.636. The summed E-state index contributed by atoms with van der Waals surface area (Å²) in [5.41, 5.74) is 0. The molecule has 1 aliphatic rings. The maximum Gasteiger partial charge on any atom is 0.311 e. The van der Waals surface area contributed by atoms with Crippen LogP contribution in [0.1, 0.15) is 24.7 Å². The van der Waals surface area contributed by atoms with Crippen molar-refractivity contribution in [3.05, 3.63) is 18.2 Å². The van der Waals surface area contributed by atoms with Crippen LogP contribution < -0.4 is 0 Å². The Morgan fingerprint density at radius 2 is 2.50 bits per heavy atom. The van der Waals surface area contributed by atoms with Crippen LogP contribution in [0.2, 0.25) is 0 Å². The smallest absolute Gasteiger partial charge is 0.311 e. The lowest BCUT2D eigenvalue weighted by Crippen LogP contribution is -2.34. The van der Waals surface area contributed by atoms with Crippen LogP contribution in [-0.2, 0) is 11.2 Å². The van der Waals surface area contributed by atoms with E-state index in [1.807, 2.05) is 10.8 Å². The third-order valence-electron chi connectivity index (χ3n) is 3.05. The topological polar surface area (TPSA) is 58.4 Å². The number of carbonyl (C=O) groups is 1. The second-order valence-electron chi connectivity index (χ2n) is 4.38. The maximum atomic E-state index is 10.7. The number of rotatable bonds is 3. The zero-order chi connectivity index (χ0) is 11.5. The van der Waals surface area contributed by atoms with Crippen molar-refractivity contribution in [2.45, 2.75) is 25.3 Å². The summed E-state index contributed by atoms with van der Waals surface area (Å²) in [6, 6.07) is 0.371. The average molecular weight is 223 g/mol. The van der Waals surface area contributed by atoms with Crippen molar-refractivity contribution in [3.8, 4) is 0 Å². The number of aromatic nitrogens is 2. The summed E-state index contributed by atoms with van der Waals surface area (Å²) in [5.74, 6) is -0.163. The summed E-state index contributed by atoms with van der Waals surface area (Å²) in [6.07, 6.45) is 5.85. The van der Waals surface area contributed by atoms with Gasteiger partial charge >= 0.3 is 5.97 Å². The number of aliphatic carboxylic acids is 1. The van der Waals surface area contributed by atoms with Crippen LogP contribution in [0.4, 0.5) is 0 Å². The average Bonchev–Trinajstić information content (AvgIpc) is 2.65. The van der Waals surface area contributed by atoms with Gasteiger partial charge < -0.3 is 14.6 Å². The van der Waals surface area contributed by atoms with E-state index in [-0.39, 0.29) is 6.42 Å². The highest BCUT2D eigenvalue weighted by atomic mass is 16.4. The lowest BCUT2D eigenvalue weighted by atomic mass is 10.1. The molecule has 1 fully saturated rings. The molecular weight excluding hydrogens is 206 g/mol. The van der Waals surface area contributed by atoms with Gasteiger partial charge in [-0.05, 0) is 26.4 Å². The Labute approximate surface area is 94.7 Å². The molecule has 16 heavy (non-hydrogen) atoms. The van der Waals surface area contributed by atoms with Gasteiger partial charge in [-0.15, -0.1) is 0 Å². The van der Waals surface area contributed by atoms with Crippen LogP contribution in [0, 0.1) is 0 Å². The molecule has 1 atom stereocenters. The quantitative estimate of drug-likeness (QED) is 0.822. The Kier molecular flexibility index (Phi) is 3.24. The third kappa shape index (κ3) is 2.41. The predicted molar refractivity (Wildman–Crippen MR) is 59.3 cm³/mol. The predicted octanol–water partition coefficient (Wildman–Crippen LogP) is 0.777. The Morgan fingerprint density at radius 1 is 1.69 bits per heavy atom. The van der Waals surface area contributed by atoms with Crippen LogP contribution >= 0.6 is 0 Å². The minimum atomic E-state index is -0.823. The van der Waals surface area contributed by atoms with Crippen molar-refractivity contribution in [2.75, 3.05) is 20.1 Å². The van der Waals surface area contributed by atoms with Crippen molar-refractivity contribution in [1.82, 2.24) is 14.5 Å². The molecular formula is C11H17N3O2. The Hall–Kier alpha value is -1.36. The van der Waals surface area contributed by atoms with E-state index in [2.05, 4.69) is 16.9 Å². The number of hydrogen-bond acceptors (Lipinski definition) is 3. The third-order valence-corrected chi connectivity index (χ3v) is 3.05. The van der Waals surface area contributed by atoms with Gasteiger partial charge in [0.2, 0.25) is 0 Å². The Balaban J connectivity index is 2.13. The second-order valence-corrected chi connectivity index (χ2v) is 4.38. The minimum Gasteiger partial charge on any atom is -0.481 e. The maximum absolute atomic E-state index is 10.7. The molecule has 0 amide bonds. The van der Waals surface area contributed by atoms with Crippen molar-refractivity contribution >= 4 is 5.97 Å². The van der Waals surface area contributed by atoms with Crippen LogP contribution in [0.15, 0.2) is 12.4 Å². The molecule has 1 aliphatic heterocycles. The first-order valence-electron chi connectivity index (χ1n) is 5.59. The van der Waals surface area contributed by atoms with E-state index >= 15 is 0 Å². The van der Waals surface area contributed by atoms with Crippen molar-refractivity contribution in [3.63, 3.8) is 0 Å². The van der Waals surface area contributed by atoms with E-state index < -0.39 is 5.97 Å². The molecule has 1 aromatic rings. The number of carboxylic acid groups (broad SMARTS) is 1. The van der Waals surface area contributed by atoms with Gasteiger partial charge in [0, 0.05) is 25.0 Å². The fourth-order valence-electron chi connectivity index (χ4n) is 2.31. The van der Waals surface area contributed by atoms with E-state index in [4.69, 9.17) is 5.11 Å². The molecule has 1 saturated heterocycles. The van der Waals surface area contributed by atoms with Gasteiger partial charge in [-0.2, -0.15) is 0 Å². The summed E-state index contributed by atoms with van der Waals surface area (Å²) in [4.78, 5) is 17.1. The molecule has 88 valence electrons. The van der Waals surface area contributed by atoms with Crippen molar-refractivity contribution < 1.29 is 9.90 Å². The molecule has 0 spiro atoms. The van der Waals surface area contributed by atoms with Crippen LogP contribution in [0.25, 0.3) is 0 Å². The number of likely N-dealkylation sites (N-methyl/N-ethyl adjacent to an activating group) is 1. The molecule has 0 radical (unpaired) electrons. The van der Waals surface area contributed by atoms with Crippen molar-refractivity contribution in [2.24, 2.45) is 0 Å². The Morgan fingerprint density at radius 3 is 3.19 bits per heavy atom. The zero-order valence-electron chi connectivity index (χ0n) is 9.46. The molecule has 5 heteroatoms. The lowest BCUT2D eigenvalue weighted by Gasteiger charge is -2.31. The standard InChI is InChI=1S/C11H17N3O2/c1-13-5-2-3-9(8-13)14-6-4-12-10(14)7-11(15)16/h4,6,9H,2-3,5,7-8H2,1H3,(H,15,16). The number of nitrogens with zero attached hydrogens (tertiary/aromatic N) is 3. The lowest BCUT2D eigenvalue weighted by molar-refractivity contribution is -0.136. The SMILES string of the molecule is CN1CCCC(n2ccnc2CC(=O)O)C1. The summed E-state index contributed by atoms with van der Waals surface area (Å²) in [5, 5.41) is 8.80. The molecule has 1 unspecified atom stereocenters. The number of carboxylic acids is 1. The van der Waals surface area contributed by atoms with E-state index in [0.29, 0.717) is 11.9 Å². The summed E-state index contributed by atoms with van der Waals surface area (Å²) in [6.45, 7) is 2.10. The van der Waals surface area contributed by atoms with E-state index in [0.717, 1.165) is 25.9 Å². The van der Waals surface area contributed by atoms with Gasteiger partial charge in [-0.25, -0.2) is 4.98 Å². The van der Waals surface area contributed by atoms with Gasteiger partial charge in [0.1, 0.15) is 12.2 Å². The molecule has 0 saturated carbocycles. The number of likely N-dealkylation sites (tertiary alicyclic amines) is 1. The van der Waals surface area contributed by atoms with Crippen molar-refractivity contribution in [1.29, 1.82) is 0 Å². The van der Waals surface area contributed by atoms with Gasteiger partial charge in [0.25, 0.3) is 0 Å². The monoisotopic (exact) mass is 223 g/mol. The largest absolute Gasteiger partial charge is 0.481 e. The van der Waals surface area contributed by atoms with Gasteiger partial charge in [-0.1, -0.05) is 0 Å². The molecule has 5 nitrogen and oxygen atoms in total. The highest BCUT2D eigenvalue weighted by Crippen LogP contribution is 2.21. The summed E-state index contributed by atoms with van der Waals surface area (Å²) in [7, 11) is 2.10. The number of imidazole rings is 1. The molecule has 1 aromatic heterocycles. The van der Waals surface area contributed by atoms with E-state index in [1.165, 1.54) is 0 Å². The number of hydrogen-bond donors (Lipinski definition) is 1. The van der Waals surface area contributed by atoms with Gasteiger partial charge in [0.05, 0.1) is 0 Å². The molecule has 2 rings (SSSR count). The summed E-state index contributed by atoms with van der Waals surface area (Å²) < 4.78 is 2.02. The van der Waals surface area contributed by atoms with Crippen LogP contribution in [-0.4, -0.2) is 45.7 Å². The molecule has 0 aromatic carbocycles. The molecule has 1 N–H and O–H groups in total. The first-order chi connectivity index (χ1) is 7.66. The van der Waals surface area contributed by atoms with Gasteiger partial charge in [-0.3, -0.25) is 4.79 Å². The number of piperidine rings is 1. The zero-order valence-corrected chi connectivity index (χ0v) is 9.46. The molecule has 2 heterocycles. The minimum absolute atomic E-state index is 0.00716. The van der Waals surface area contributed by atoms with E-state index in [1.54, 1.807) is 6.20 Å². The van der Waals surface area contributed by atoms with E-state index in [9.17, 15) is 4.79 Å². The second kappa shape index (κ2) is 4.65. The summed E-state index contributed by atoms with van der Waals surface area (Å²) >= 11 is 0. The van der Waals surface area contributed by atoms with Gasteiger partial charge in [0.15, 0.2) is 0 Å². The molecule has 0 aliphatic carbocycles. The molecule has 0 bridgehead atoms. The first-order valence-corrected chi connectivity index (χ1v) is 5.59. The van der Waals surface area contributed by atoms with Crippen LogP contribution in [0.3, 0.4) is 0 Å². The Bertz CT molecular complexity index is 375.